The van der Waals surface area contributed by atoms with E-state index >= 15 is 0 Å². The lowest BCUT2D eigenvalue weighted by atomic mass is 9.97. The second kappa shape index (κ2) is 8.64. The summed E-state index contributed by atoms with van der Waals surface area (Å²) >= 11 is 0. The molecule has 1 amide bonds. The fourth-order valence-electron chi connectivity index (χ4n) is 3.08. The lowest BCUT2D eigenvalue weighted by molar-refractivity contribution is 0.0270. The van der Waals surface area contributed by atoms with Crippen LogP contribution in [0.1, 0.15) is 38.3 Å². The van der Waals surface area contributed by atoms with Crippen molar-refractivity contribution in [2.45, 2.75) is 39.4 Å². The zero-order valence-electron chi connectivity index (χ0n) is 16.9. The third kappa shape index (κ3) is 5.34. The van der Waals surface area contributed by atoms with Crippen molar-refractivity contribution in [3.63, 3.8) is 0 Å². The Morgan fingerprint density at radius 1 is 1.10 bits per heavy atom. The van der Waals surface area contributed by atoms with E-state index < -0.39 is 23.3 Å². The Labute approximate surface area is 169 Å². The summed E-state index contributed by atoms with van der Waals surface area (Å²) in [5.41, 5.74) is 1.07. The second-order valence-corrected chi connectivity index (χ2v) is 7.91. The van der Waals surface area contributed by atoms with E-state index in [4.69, 9.17) is 9.47 Å². The number of ether oxygens (including phenoxy) is 2. The highest BCUT2D eigenvalue weighted by atomic mass is 19.2. The molecule has 2 aromatic rings. The Morgan fingerprint density at radius 2 is 1.83 bits per heavy atom. The minimum Gasteiger partial charge on any atom is -0.488 e. The molecule has 0 N–H and O–H groups in total. The third-order valence-corrected chi connectivity index (χ3v) is 4.48. The summed E-state index contributed by atoms with van der Waals surface area (Å²) in [7, 11) is 0. The number of benzene rings is 2. The molecule has 4 nitrogen and oxygen atoms in total. The van der Waals surface area contributed by atoms with Crippen molar-refractivity contribution >= 4 is 11.7 Å². The van der Waals surface area contributed by atoms with Gasteiger partial charge in [-0.2, -0.15) is 0 Å². The van der Waals surface area contributed by atoms with Gasteiger partial charge in [-0.25, -0.2) is 13.6 Å². The molecule has 1 aliphatic heterocycles. The minimum atomic E-state index is -0.937. The Kier molecular flexibility index (Phi) is 6.20. The number of hydrogen-bond acceptors (Lipinski definition) is 3. The van der Waals surface area contributed by atoms with Crippen LogP contribution in [0.4, 0.5) is 13.6 Å². The van der Waals surface area contributed by atoms with Gasteiger partial charge in [0.05, 0.1) is 5.56 Å². The van der Waals surface area contributed by atoms with E-state index in [0.717, 1.165) is 11.6 Å². The molecule has 0 atom stereocenters. The van der Waals surface area contributed by atoms with Crippen LogP contribution in [0.25, 0.3) is 5.57 Å². The van der Waals surface area contributed by atoms with Crippen molar-refractivity contribution in [1.82, 2.24) is 4.90 Å². The molecule has 0 saturated heterocycles. The first-order chi connectivity index (χ1) is 13.7. The third-order valence-electron chi connectivity index (χ3n) is 4.48. The highest BCUT2D eigenvalue weighted by Gasteiger charge is 2.26. The standard InChI is InChI=1S/C23H25F2NO3/c1-23(2,3)29-22(27)26-13-11-17(12-14-26)20-19(10-9-18(24)21(20)25)28-15-16-7-5-4-6-8-16/h4-11H,12-15H2,1-3H3. The summed E-state index contributed by atoms with van der Waals surface area (Å²) in [6, 6.07) is 12.0. The minimum absolute atomic E-state index is 0.116. The molecule has 0 saturated carbocycles. The maximum absolute atomic E-state index is 14.6. The molecule has 1 heterocycles. The van der Waals surface area contributed by atoms with Crippen molar-refractivity contribution < 1.29 is 23.0 Å². The van der Waals surface area contributed by atoms with E-state index in [-0.39, 0.29) is 24.5 Å². The molecule has 29 heavy (non-hydrogen) atoms. The van der Waals surface area contributed by atoms with Gasteiger partial charge in [-0.1, -0.05) is 36.4 Å². The highest BCUT2D eigenvalue weighted by Crippen LogP contribution is 2.34. The normalized spacial score (nSPS) is 14.4. The van der Waals surface area contributed by atoms with Gasteiger partial charge in [-0.3, -0.25) is 0 Å². The average molecular weight is 401 g/mol. The van der Waals surface area contributed by atoms with Gasteiger partial charge >= 0.3 is 6.09 Å². The molecule has 0 spiro atoms. The first kappa shape index (κ1) is 20.8. The molecule has 0 aromatic heterocycles. The fourth-order valence-corrected chi connectivity index (χ4v) is 3.08. The number of carbonyl (C=O) groups excluding carboxylic acids is 1. The molecule has 1 aliphatic rings. The van der Waals surface area contributed by atoms with Crippen LogP contribution in [0.2, 0.25) is 0 Å². The number of hydrogen-bond donors (Lipinski definition) is 0. The van der Waals surface area contributed by atoms with Gasteiger partial charge in [0.25, 0.3) is 0 Å². The molecular weight excluding hydrogens is 376 g/mol. The summed E-state index contributed by atoms with van der Waals surface area (Å²) in [4.78, 5) is 13.8. The van der Waals surface area contributed by atoms with Crippen LogP contribution in [0, 0.1) is 11.6 Å². The molecule has 0 radical (unpaired) electrons. The van der Waals surface area contributed by atoms with Crippen molar-refractivity contribution in [3.8, 4) is 5.75 Å². The Balaban J connectivity index is 1.79. The van der Waals surface area contributed by atoms with Crippen molar-refractivity contribution in [2.24, 2.45) is 0 Å². The van der Waals surface area contributed by atoms with Gasteiger partial charge in [0.15, 0.2) is 11.6 Å². The predicted molar refractivity (Wildman–Crippen MR) is 108 cm³/mol. The maximum Gasteiger partial charge on any atom is 0.410 e. The van der Waals surface area contributed by atoms with E-state index in [1.54, 1.807) is 26.8 Å². The summed E-state index contributed by atoms with van der Waals surface area (Å²) in [6.45, 7) is 6.27. The van der Waals surface area contributed by atoms with Gasteiger partial charge < -0.3 is 14.4 Å². The van der Waals surface area contributed by atoms with E-state index in [1.165, 1.54) is 11.0 Å². The number of halogens is 2. The zero-order chi connectivity index (χ0) is 21.0. The maximum atomic E-state index is 14.6. The molecule has 2 aromatic carbocycles. The molecule has 3 rings (SSSR count). The molecule has 6 heteroatoms. The summed E-state index contributed by atoms with van der Waals surface area (Å²) in [6.07, 6.45) is 1.68. The molecular formula is C23H25F2NO3. The first-order valence-corrected chi connectivity index (χ1v) is 9.56. The van der Waals surface area contributed by atoms with Gasteiger partial charge in [0.1, 0.15) is 18.0 Å². The molecule has 0 aliphatic carbocycles. The highest BCUT2D eigenvalue weighted by molar-refractivity contribution is 5.75. The smallest absolute Gasteiger partial charge is 0.410 e. The van der Waals surface area contributed by atoms with Crippen molar-refractivity contribution in [3.05, 3.63) is 71.3 Å². The van der Waals surface area contributed by atoms with Gasteiger partial charge in [0, 0.05) is 13.1 Å². The van der Waals surface area contributed by atoms with Gasteiger partial charge in [-0.05, 0) is 50.5 Å². The average Bonchev–Trinajstić information content (AvgIpc) is 2.68. The number of amides is 1. The number of nitrogens with zero attached hydrogens (tertiary/aromatic N) is 1. The van der Waals surface area contributed by atoms with E-state index in [1.807, 2.05) is 30.3 Å². The van der Waals surface area contributed by atoms with Crippen LogP contribution in [-0.4, -0.2) is 29.7 Å². The van der Waals surface area contributed by atoms with Crippen molar-refractivity contribution in [2.75, 3.05) is 13.1 Å². The molecule has 0 fully saturated rings. The van der Waals surface area contributed by atoms with Crippen LogP contribution in [0.3, 0.4) is 0 Å². The predicted octanol–water partition coefficient (Wildman–Crippen LogP) is 5.57. The largest absolute Gasteiger partial charge is 0.488 e. The lowest BCUT2D eigenvalue weighted by Gasteiger charge is -2.30. The molecule has 154 valence electrons. The molecule has 0 unspecified atom stereocenters. The second-order valence-electron chi connectivity index (χ2n) is 7.91. The Bertz CT molecular complexity index is 904. The topological polar surface area (TPSA) is 38.8 Å². The number of rotatable bonds is 4. The summed E-state index contributed by atoms with van der Waals surface area (Å²) in [5.74, 6) is -1.58. The van der Waals surface area contributed by atoms with Crippen LogP contribution >= 0.6 is 0 Å². The SMILES string of the molecule is CC(C)(C)OC(=O)N1CC=C(c2c(OCc3ccccc3)ccc(F)c2F)CC1. The van der Waals surface area contributed by atoms with Crippen LogP contribution in [0.5, 0.6) is 5.75 Å². The Morgan fingerprint density at radius 3 is 2.45 bits per heavy atom. The van der Waals surface area contributed by atoms with E-state index in [0.29, 0.717) is 18.5 Å². The van der Waals surface area contributed by atoms with Gasteiger partial charge in [-0.15, -0.1) is 0 Å². The van der Waals surface area contributed by atoms with E-state index in [9.17, 15) is 13.6 Å². The van der Waals surface area contributed by atoms with Crippen LogP contribution < -0.4 is 4.74 Å². The van der Waals surface area contributed by atoms with Crippen LogP contribution in [-0.2, 0) is 11.3 Å². The quantitative estimate of drug-likeness (QED) is 0.672. The van der Waals surface area contributed by atoms with Crippen LogP contribution in [0.15, 0.2) is 48.5 Å². The summed E-state index contributed by atoms with van der Waals surface area (Å²) in [5, 5.41) is 0. The Hall–Kier alpha value is -2.89. The zero-order valence-corrected chi connectivity index (χ0v) is 16.9. The number of carbonyl (C=O) groups is 1. The monoisotopic (exact) mass is 401 g/mol. The first-order valence-electron chi connectivity index (χ1n) is 9.56. The summed E-state index contributed by atoms with van der Waals surface area (Å²) < 4.78 is 39.7. The molecule has 0 bridgehead atoms. The van der Waals surface area contributed by atoms with E-state index in [2.05, 4.69) is 0 Å². The van der Waals surface area contributed by atoms with Crippen molar-refractivity contribution in [1.29, 1.82) is 0 Å². The fraction of sp³-hybridized carbons (Fsp3) is 0.348. The van der Waals surface area contributed by atoms with Gasteiger partial charge in [0.2, 0.25) is 0 Å². The lowest BCUT2D eigenvalue weighted by Crippen LogP contribution is -2.39.